The van der Waals surface area contributed by atoms with Crippen LogP contribution in [0.2, 0.25) is 0 Å². The first-order chi connectivity index (χ1) is 23.2. The second-order valence-electron chi connectivity index (χ2n) is 12.9. The molecule has 1 aliphatic carbocycles. The number of aliphatic imine (C=N–C) groups is 2. The third-order valence-electron chi connectivity index (χ3n) is 8.71. The van der Waals surface area contributed by atoms with E-state index in [1.54, 1.807) is 0 Å². The molecule has 4 rings (SSSR count). The molecule has 0 aromatic heterocycles. The normalized spacial score (nSPS) is 12.4. The van der Waals surface area contributed by atoms with Gasteiger partial charge in [0.2, 0.25) is 5.91 Å². The van der Waals surface area contributed by atoms with E-state index in [0.29, 0.717) is 6.42 Å². The largest absolute Gasteiger partial charge is 0.326 e. The number of amides is 1. The quantitative estimate of drug-likeness (QED) is 0.0925. The Morgan fingerprint density at radius 3 is 1.43 bits per heavy atom. The maximum Gasteiger partial charge on any atom is 0.224 e. The minimum Gasteiger partial charge on any atom is -0.326 e. The van der Waals surface area contributed by atoms with Crippen LogP contribution in [0.15, 0.2) is 113 Å². The second-order valence-corrected chi connectivity index (χ2v) is 12.9. The van der Waals surface area contributed by atoms with E-state index in [1.165, 1.54) is 94.6 Å². The molecule has 0 saturated carbocycles. The van der Waals surface area contributed by atoms with Crippen LogP contribution in [0.5, 0.6) is 0 Å². The molecular weight excluding hydrogens is 574 g/mol. The average molecular weight is 630 g/mol. The topological polar surface area (TPSA) is 53.8 Å². The number of nitrogens with one attached hydrogen (secondary N) is 1. The van der Waals surface area contributed by atoms with Crippen molar-refractivity contribution in [2.24, 2.45) is 9.98 Å². The minimum absolute atomic E-state index is 0.0922. The number of unbranched alkanes of at least 4 members (excludes halogenated alkanes) is 14. The number of hydrogen-bond donors (Lipinski definition) is 1. The predicted molar refractivity (Wildman–Crippen MR) is 203 cm³/mol. The van der Waals surface area contributed by atoms with Crippen LogP contribution in [0, 0.1) is 0 Å². The van der Waals surface area contributed by atoms with Crippen LogP contribution in [0.4, 0.5) is 17.1 Å². The number of benzene rings is 3. The molecule has 0 spiro atoms. The lowest BCUT2D eigenvalue weighted by atomic mass is 10.0. The molecule has 0 atom stereocenters. The Morgan fingerprint density at radius 2 is 0.936 bits per heavy atom. The third-order valence-corrected chi connectivity index (χ3v) is 8.71. The van der Waals surface area contributed by atoms with E-state index in [0.717, 1.165) is 47.7 Å². The number of anilines is 1. The van der Waals surface area contributed by atoms with E-state index in [1.807, 2.05) is 54.6 Å². The summed E-state index contributed by atoms with van der Waals surface area (Å²) in [6, 6.07) is 26.7. The number of allylic oxidation sites excluding steroid dienone is 4. The van der Waals surface area contributed by atoms with Crippen molar-refractivity contribution in [1.82, 2.24) is 0 Å². The van der Waals surface area contributed by atoms with Crippen LogP contribution < -0.4 is 5.32 Å². The van der Waals surface area contributed by atoms with E-state index in [-0.39, 0.29) is 5.91 Å². The molecule has 47 heavy (non-hydrogen) atoms. The first-order valence-corrected chi connectivity index (χ1v) is 18.2. The zero-order valence-corrected chi connectivity index (χ0v) is 28.6. The van der Waals surface area contributed by atoms with Gasteiger partial charge in [0, 0.05) is 12.1 Å². The number of rotatable bonds is 21. The minimum atomic E-state index is 0.0922. The van der Waals surface area contributed by atoms with Crippen LogP contribution in [0.25, 0.3) is 0 Å². The fraction of sp³-hybridized carbons (Fsp3) is 0.419. The highest BCUT2D eigenvalue weighted by Gasteiger charge is 2.05. The monoisotopic (exact) mass is 629 g/mol. The van der Waals surface area contributed by atoms with E-state index >= 15 is 0 Å². The summed E-state index contributed by atoms with van der Waals surface area (Å²) in [5.74, 6) is 0.0922. The number of nitrogens with zero attached hydrogens (tertiary/aromatic N) is 2. The molecule has 0 saturated heterocycles. The predicted octanol–water partition coefficient (Wildman–Crippen LogP) is 12.4. The van der Waals surface area contributed by atoms with Crippen LogP contribution in [0.3, 0.4) is 0 Å². The zero-order chi connectivity index (χ0) is 32.8. The molecule has 3 aromatic carbocycles. The molecule has 0 unspecified atom stereocenters. The van der Waals surface area contributed by atoms with Gasteiger partial charge >= 0.3 is 0 Å². The van der Waals surface area contributed by atoms with Gasteiger partial charge in [-0.2, -0.15) is 0 Å². The Kier molecular flexibility index (Phi) is 16.5. The lowest BCUT2D eigenvalue weighted by Crippen LogP contribution is -2.10. The fourth-order valence-electron chi connectivity index (χ4n) is 5.92. The summed E-state index contributed by atoms with van der Waals surface area (Å²) in [7, 11) is 0. The highest BCUT2D eigenvalue weighted by Crippen LogP contribution is 2.20. The van der Waals surface area contributed by atoms with Crippen molar-refractivity contribution in [3.05, 3.63) is 114 Å². The lowest BCUT2D eigenvalue weighted by Gasteiger charge is -2.07. The van der Waals surface area contributed by atoms with Gasteiger partial charge in [-0.1, -0.05) is 139 Å². The van der Waals surface area contributed by atoms with E-state index in [2.05, 4.69) is 60.8 Å². The van der Waals surface area contributed by atoms with Crippen LogP contribution in [0.1, 0.15) is 121 Å². The average Bonchev–Trinajstić information content (AvgIpc) is 3.09. The summed E-state index contributed by atoms with van der Waals surface area (Å²) in [5, 5.41) is 3.04. The lowest BCUT2D eigenvalue weighted by molar-refractivity contribution is -0.116. The van der Waals surface area contributed by atoms with Crippen molar-refractivity contribution in [1.29, 1.82) is 0 Å². The summed E-state index contributed by atoms with van der Waals surface area (Å²) in [4.78, 5) is 21.9. The first kappa shape index (κ1) is 35.8. The number of carbonyl (C=O) groups excluding carboxylic acids is 1. The molecule has 3 aromatic rings. The molecule has 1 amide bonds. The second kappa shape index (κ2) is 21.7. The molecule has 1 aliphatic rings. The zero-order valence-electron chi connectivity index (χ0n) is 28.6. The molecule has 0 fully saturated rings. The summed E-state index contributed by atoms with van der Waals surface area (Å²) in [6.07, 6.45) is 29.4. The maximum absolute atomic E-state index is 12.4. The van der Waals surface area contributed by atoms with E-state index < -0.39 is 0 Å². The summed E-state index contributed by atoms with van der Waals surface area (Å²) >= 11 is 0. The molecule has 0 bridgehead atoms. The third kappa shape index (κ3) is 14.9. The summed E-state index contributed by atoms with van der Waals surface area (Å²) in [5.41, 5.74) is 6.95. The van der Waals surface area contributed by atoms with Crippen LogP contribution in [-0.2, 0) is 11.2 Å². The smallest absolute Gasteiger partial charge is 0.224 e. The Bertz CT molecular complexity index is 1410. The van der Waals surface area contributed by atoms with Crippen LogP contribution in [-0.4, -0.2) is 17.3 Å². The van der Waals surface area contributed by atoms with E-state index in [9.17, 15) is 4.79 Å². The SMILES string of the molecule is CCCCCCCCCCCCCCCCCC(=O)Nc1ccc(N=C2C=CC(=Nc3ccc(Cc4ccccc4)cc3)C=C2)cc1. The van der Waals surface area contributed by atoms with Crippen molar-refractivity contribution in [2.75, 3.05) is 5.32 Å². The Hall–Kier alpha value is -4.05. The van der Waals surface area contributed by atoms with Gasteiger partial charge in [-0.25, -0.2) is 9.98 Å². The van der Waals surface area contributed by atoms with Gasteiger partial charge in [0.1, 0.15) is 0 Å². The van der Waals surface area contributed by atoms with Crippen molar-refractivity contribution in [2.45, 2.75) is 116 Å². The molecule has 0 heterocycles. The molecule has 248 valence electrons. The summed E-state index contributed by atoms with van der Waals surface area (Å²) < 4.78 is 0. The fourth-order valence-corrected chi connectivity index (χ4v) is 5.92. The number of hydrogen-bond acceptors (Lipinski definition) is 3. The highest BCUT2D eigenvalue weighted by atomic mass is 16.1. The van der Waals surface area contributed by atoms with Gasteiger partial charge in [-0.05, 0) is 84.7 Å². The van der Waals surface area contributed by atoms with Gasteiger partial charge < -0.3 is 5.32 Å². The molecule has 1 N–H and O–H groups in total. The van der Waals surface area contributed by atoms with Gasteiger partial charge in [0.15, 0.2) is 0 Å². The van der Waals surface area contributed by atoms with Crippen molar-refractivity contribution >= 4 is 34.4 Å². The van der Waals surface area contributed by atoms with Crippen molar-refractivity contribution in [3.8, 4) is 0 Å². The maximum atomic E-state index is 12.4. The molecule has 4 heteroatoms. The standard InChI is InChI=1S/C43H55N3O/c1-2-3-4-5-6-7-8-9-10-11-12-13-14-15-19-22-43(47)46-42-33-31-41(32-34-42)45-40-29-27-39(28-30-40)44-38-25-23-37(24-26-38)35-36-20-17-16-18-21-36/h16-18,20-21,23-34H,2-15,19,22,35H2,1H3,(H,46,47). The van der Waals surface area contributed by atoms with Crippen molar-refractivity contribution in [3.63, 3.8) is 0 Å². The van der Waals surface area contributed by atoms with Gasteiger partial charge in [-0.3, -0.25) is 4.79 Å². The Balaban J connectivity index is 1.06. The van der Waals surface area contributed by atoms with Gasteiger partial charge in [-0.15, -0.1) is 0 Å². The Labute approximate surface area is 284 Å². The van der Waals surface area contributed by atoms with Gasteiger partial charge in [0.05, 0.1) is 22.8 Å². The van der Waals surface area contributed by atoms with E-state index in [4.69, 9.17) is 9.98 Å². The molecule has 0 radical (unpaired) electrons. The number of carbonyl (C=O) groups is 1. The highest BCUT2D eigenvalue weighted by molar-refractivity contribution is 6.19. The van der Waals surface area contributed by atoms with Crippen molar-refractivity contribution < 1.29 is 4.79 Å². The molecule has 0 aliphatic heterocycles. The van der Waals surface area contributed by atoms with Gasteiger partial charge in [0.25, 0.3) is 0 Å². The molecular formula is C43H55N3O. The summed E-state index contributed by atoms with van der Waals surface area (Å²) in [6.45, 7) is 2.28. The Morgan fingerprint density at radius 1 is 0.511 bits per heavy atom. The van der Waals surface area contributed by atoms with Crippen LogP contribution >= 0.6 is 0 Å². The first-order valence-electron chi connectivity index (χ1n) is 18.2. The molecule has 4 nitrogen and oxygen atoms in total.